The lowest BCUT2D eigenvalue weighted by atomic mass is 10.1. The maximum absolute atomic E-state index is 12.9. The van der Waals surface area contributed by atoms with Crippen molar-refractivity contribution >= 4 is 9.84 Å². The van der Waals surface area contributed by atoms with Crippen LogP contribution >= 0.6 is 0 Å². The Morgan fingerprint density at radius 2 is 1.41 bits per heavy atom. The minimum Gasteiger partial charge on any atom is -0.356 e. The lowest BCUT2D eigenvalue weighted by molar-refractivity contribution is -0.0228. The molecule has 0 N–H and O–H groups in total. The van der Waals surface area contributed by atoms with Crippen molar-refractivity contribution in [2.75, 3.05) is 0 Å². The van der Waals surface area contributed by atoms with Crippen LogP contribution in [-0.2, 0) is 21.0 Å². The molecular formula is C18H22O3S. The van der Waals surface area contributed by atoms with Crippen LogP contribution < -0.4 is 0 Å². The first kappa shape index (κ1) is 16.7. The van der Waals surface area contributed by atoms with Gasteiger partial charge in [0.2, 0.25) is 9.84 Å². The van der Waals surface area contributed by atoms with Crippen LogP contribution in [0.1, 0.15) is 26.3 Å². The first-order valence-corrected chi connectivity index (χ1v) is 8.84. The van der Waals surface area contributed by atoms with E-state index >= 15 is 0 Å². The molecule has 118 valence electrons. The summed E-state index contributed by atoms with van der Waals surface area (Å²) in [5.74, 6) is 0. The quantitative estimate of drug-likeness (QED) is 0.841. The summed E-state index contributed by atoms with van der Waals surface area (Å²) < 4.78 is 31.7. The molecule has 2 aromatic carbocycles. The summed E-state index contributed by atoms with van der Waals surface area (Å²) >= 11 is 0. The van der Waals surface area contributed by atoms with E-state index in [0.29, 0.717) is 11.3 Å². The maximum atomic E-state index is 12.9. The predicted octanol–water partition coefficient (Wildman–Crippen LogP) is 3.84. The van der Waals surface area contributed by atoms with Gasteiger partial charge in [-0.25, -0.2) is 8.42 Å². The van der Waals surface area contributed by atoms with E-state index in [1.165, 1.54) is 0 Å². The standard InChI is InChI=1S/C18H22O3S/c1-18(2,3)21-17(14-15-10-6-4-7-11-15)22(19,20)16-12-8-5-9-13-16/h4-13,17H,14H2,1-3H3. The molecule has 22 heavy (non-hydrogen) atoms. The molecule has 0 radical (unpaired) electrons. The van der Waals surface area contributed by atoms with Gasteiger partial charge in [0.25, 0.3) is 0 Å². The van der Waals surface area contributed by atoms with E-state index in [4.69, 9.17) is 4.74 Å². The summed E-state index contributed by atoms with van der Waals surface area (Å²) in [6.07, 6.45) is 0.329. The molecular weight excluding hydrogens is 296 g/mol. The number of hydrogen-bond acceptors (Lipinski definition) is 3. The van der Waals surface area contributed by atoms with Crippen molar-refractivity contribution in [2.24, 2.45) is 0 Å². The van der Waals surface area contributed by atoms with Crippen molar-refractivity contribution in [1.82, 2.24) is 0 Å². The number of hydrogen-bond donors (Lipinski definition) is 0. The molecule has 0 saturated carbocycles. The largest absolute Gasteiger partial charge is 0.356 e. The Morgan fingerprint density at radius 3 is 1.91 bits per heavy atom. The predicted molar refractivity (Wildman–Crippen MR) is 88.4 cm³/mol. The Bertz CT molecular complexity index is 686. The van der Waals surface area contributed by atoms with Crippen molar-refractivity contribution in [3.8, 4) is 0 Å². The summed E-state index contributed by atoms with van der Waals surface area (Å²) in [5.41, 5.74) is -0.505. The molecule has 2 aromatic rings. The van der Waals surface area contributed by atoms with Crippen LogP contribution in [0.15, 0.2) is 65.6 Å². The Kier molecular flexibility index (Phi) is 5.04. The fourth-order valence-electron chi connectivity index (χ4n) is 2.18. The average Bonchev–Trinajstić information content (AvgIpc) is 2.47. The lowest BCUT2D eigenvalue weighted by Gasteiger charge is -2.27. The van der Waals surface area contributed by atoms with Crippen molar-refractivity contribution in [2.45, 2.75) is 43.1 Å². The molecule has 0 aromatic heterocycles. The van der Waals surface area contributed by atoms with Gasteiger partial charge in [0.05, 0.1) is 10.5 Å². The van der Waals surface area contributed by atoms with Crippen molar-refractivity contribution in [3.63, 3.8) is 0 Å². The highest BCUT2D eigenvalue weighted by Crippen LogP contribution is 2.24. The third-order valence-electron chi connectivity index (χ3n) is 3.15. The van der Waals surface area contributed by atoms with Gasteiger partial charge in [-0.2, -0.15) is 0 Å². The van der Waals surface area contributed by atoms with Crippen LogP contribution in [0.25, 0.3) is 0 Å². The highest BCUT2D eigenvalue weighted by molar-refractivity contribution is 7.92. The maximum Gasteiger partial charge on any atom is 0.205 e. The Balaban J connectivity index is 2.36. The second-order valence-electron chi connectivity index (χ2n) is 6.21. The zero-order chi connectivity index (χ0) is 16.2. The van der Waals surface area contributed by atoms with Gasteiger partial charge in [-0.05, 0) is 38.5 Å². The molecule has 0 aliphatic rings. The Morgan fingerprint density at radius 1 is 0.909 bits per heavy atom. The molecule has 0 aliphatic heterocycles. The number of sulfone groups is 1. The Hall–Kier alpha value is -1.65. The SMILES string of the molecule is CC(C)(C)OC(Cc1ccccc1)S(=O)(=O)c1ccccc1. The zero-order valence-corrected chi connectivity index (χ0v) is 14.0. The van der Waals surface area contributed by atoms with Gasteiger partial charge in [-0.15, -0.1) is 0 Å². The van der Waals surface area contributed by atoms with Gasteiger partial charge < -0.3 is 4.74 Å². The fourth-order valence-corrected chi connectivity index (χ4v) is 3.84. The number of ether oxygens (including phenoxy) is 1. The fraction of sp³-hybridized carbons (Fsp3) is 0.333. The van der Waals surface area contributed by atoms with Gasteiger partial charge in [0, 0.05) is 6.42 Å². The second kappa shape index (κ2) is 6.63. The van der Waals surface area contributed by atoms with E-state index in [1.54, 1.807) is 30.3 Å². The minimum absolute atomic E-state index is 0.292. The molecule has 0 bridgehead atoms. The molecule has 1 unspecified atom stereocenters. The molecule has 0 fully saturated rings. The van der Waals surface area contributed by atoms with Crippen molar-refractivity contribution in [1.29, 1.82) is 0 Å². The molecule has 0 spiro atoms. The normalized spacial score (nSPS) is 13.8. The molecule has 0 heterocycles. The summed E-state index contributed by atoms with van der Waals surface area (Å²) in [7, 11) is -3.55. The van der Waals surface area contributed by atoms with Gasteiger partial charge in [0.15, 0.2) is 5.44 Å². The van der Waals surface area contributed by atoms with E-state index in [9.17, 15) is 8.42 Å². The van der Waals surface area contributed by atoms with Crippen molar-refractivity contribution < 1.29 is 13.2 Å². The minimum atomic E-state index is -3.55. The molecule has 0 aliphatic carbocycles. The smallest absolute Gasteiger partial charge is 0.205 e. The molecule has 0 saturated heterocycles. The molecule has 2 rings (SSSR count). The van der Waals surface area contributed by atoms with E-state index < -0.39 is 20.9 Å². The monoisotopic (exact) mass is 318 g/mol. The lowest BCUT2D eigenvalue weighted by Crippen LogP contribution is -2.35. The van der Waals surface area contributed by atoms with E-state index in [2.05, 4.69) is 0 Å². The van der Waals surface area contributed by atoms with Crippen LogP contribution in [0.3, 0.4) is 0 Å². The zero-order valence-electron chi connectivity index (χ0n) is 13.2. The molecule has 3 nitrogen and oxygen atoms in total. The van der Waals surface area contributed by atoms with Crippen LogP contribution in [0.4, 0.5) is 0 Å². The van der Waals surface area contributed by atoms with Crippen LogP contribution in [0.5, 0.6) is 0 Å². The molecule has 1 atom stereocenters. The van der Waals surface area contributed by atoms with E-state index in [-0.39, 0.29) is 0 Å². The van der Waals surface area contributed by atoms with Gasteiger partial charge in [0.1, 0.15) is 0 Å². The first-order valence-electron chi connectivity index (χ1n) is 7.30. The van der Waals surface area contributed by atoms with Crippen LogP contribution in [0.2, 0.25) is 0 Å². The summed E-state index contributed by atoms with van der Waals surface area (Å²) in [5, 5.41) is 0. The Labute approximate surface area is 132 Å². The van der Waals surface area contributed by atoms with Gasteiger partial charge >= 0.3 is 0 Å². The second-order valence-corrected chi connectivity index (χ2v) is 8.29. The topological polar surface area (TPSA) is 43.4 Å². The van der Waals surface area contributed by atoms with Crippen molar-refractivity contribution in [3.05, 3.63) is 66.2 Å². The summed E-state index contributed by atoms with van der Waals surface area (Å²) in [6.45, 7) is 5.60. The van der Waals surface area contributed by atoms with Crippen LogP contribution in [-0.4, -0.2) is 19.5 Å². The van der Waals surface area contributed by atoms with E-state index in [1.807, 2.05) is 51.1 Å². The average molecular weight is 318 g/mol. The van der Waals surface area contributed by atoms with Crippen LogP contribution in [0, 0.1) is 0 Å². The highest BCUT2D eigenvalue weighted by atomic mass is 32.2. The third kappa shape index (κ3) is 4.42. The van der Waals surface area contributed by atoms with E-state index in [0.717, 1.165) is 5.56 Å². The number of benzene rings is 2. The number of rotatable bonds is 5. The summed E-state index contributed by atoms with van der Waals surface area (Å²) in [6, 6.07) is 18.0. The van der Waals surface area contributed by atoms with Gasteiger partial charge in [-0.3, -0.25) is 0 Å². The van der Waals surface area contributed by atoms with Gasteiger partial charge in [-0.1, -0.05) is 48.5 Å². The third-order valence-corrected chi connectivity index (χ3v) is 5.03. The first-order chi connectivity index (χ1) is 10.3. The highest BCUT2D eigenvalue weighted by Gasteiger charge is 2.32. The summed E-state index contributed by atoms with van der Waals surface area (Å²) in [4.78, 5) is 0.292. The molecule has 4 heteroatoms. The molecule has 0 amide bonds.